The van der Waals surface area contributed by atoms with E-state index in [2.05, 4.69) is 17.0 Å². The van der Waals surface area contributed by atoms with Gasteiger partial charge in [0.05, 0.1) is 18.3 Å². The standard InChI is InChI=1S/C31H29F3N2O5/c1-16-10-20-13-21(14-25(16)36(20)19-8-9-26-18(11-19)12-27(40-26)30(37)38)39-15-23-28(35-41-29(23)17-6-7-17)22-4-2-3-5-24(22)31(32,33)34/h2-5,8-9,11-12,16-17,20-21,25H,6-7,10,13-15H2,1H3,(H,37,38)/t16-,20?,21+,25?/m1/s1. The first-order chi connectivity index (χ1) is 19.7. The molecule has 1 aliphatic carbocycles. The number of piperidine rings is 1. The second-order valence-corrected chi connectivity index (χ2v) is 11.6. The maximum atomic E-state index is 13.8. The average molecular weight is 567 g/mol. The molecule has 2 bridgehead atoms. The van der Waals surface area contributed by atoms with Gasteiger partial charge in [-0.2, -0.15) is 13.2 Å². The lowest BCUT2D eigenvalue weighted by atomic mass is 9.96. The Balaban J connectivity index is 1.12. The molecule has 0 amide bonds. The van der Waals surface area contributed by atoms with Gasteiger partial charge >= 0.3 is 12.1 Å². The van der Waals surface area contributed by atoms with Gasteiger partial charge in [0.1, 0.15) is 17.0 Å². The van der Waals surface area contributed by atoms with Gasteiger partial charge in [-0.05, 0) is 68.4 Å². The number of anilines is 1. The molecule has 0 spiro atoms. The van der Waals surface area contributed by atoms with Crippen LogP contribution in [0.15, 0.2) is 57.5 Å². The highest BCUT2D eigenvalue weighted by molar-refractivity contribution is 5.92. The van der Waals surface area contributed by atoms with Gasteiger partial charge in [-0.15, -0.1) is 0 Å². The molecule has 41 heavy (non-hydrogen) atoms. The normalized spacial score (nSPS) is 24.3. The van der Waals surface area contributed by atoms with E-state index in [-0.39, 0.29) is 47.7 Å². The number of hydrogen-bond acceptors (Lipinski definition) is 6. The average Bonchev–Trinajstić information content (AvgIpc) is 3.48. The highest BCUT2D eigenvalue weighted by Gasteiger charge is 2.46. The highest BCUT2D eigenvalue weighted by atomic mass is 19.4. The molecule has 7 rings (SSSR count). The van der Waals surface area contributed by atoms with E-state index >= 15 is 0 Å². The van der Waals surface area contributed by atoms with Gasteiger partial charge in [-0.3, -0.25) is 0 Å². The summed E-state index contributed by atoms with van der Waals surface area (Å²) < 4.78 is 59.0. The molecule has 2 aromatic heterocycles. The Kier molecular flexibility index (Phi) is 6.15. The third kappa shape index (κ3) is 4.67. The number of alkyl halides is 3. The molecule has 3 fully saturated rings. The van der Waals surface area contributed by atoms with Crippen molar-refractivity contribution in [2.45, 2.75) is 75.9 Å². The molecule has 2 saturated heterocycles. The largest absolute Gasteiger partial charge is 0.475 e. The predicted molar refractivity (Wildman–Crippen MR) is 144 cm³/mol. The number of carboxylic acid groups (broad SMARTS) is 1. The van der Waals surface area contributed by atoms with Crippen molar-refractivity contribution in [2.75, 3.05) is 4.90 Å². The molecule has 1 N–H and O–H groups in total. The summed E-state index contributed by atoms with van der Waals surface area (Å²) in [5.74, 6) is 0.0506. The van der Waals surface area contributed by atoms with Crippen LogP contribution in [0.5, 0.6) is 0 Å². The number of carbonyl (C=O) groups is 1. The van der Waals surface area contributed by atoms with E-state index in [4.69, 9.17) is 13.7 Å². The van der Waals surface area contributed by atoms with Gasteiger partial charge in [0, 0.05) is 40.2 Å². The smallest absolute Gasteiger partial charge is 0.417 e. The molecule has 4 heterocycles. The summed E-state index contributed by atoms with van der Waals surface area (Å²) in [6, 6.07) is 13.2. The van der Waals surface area contributed by atoms with Crippen LogP contribution in [0.2, 0.25) is 0 Å². The first-order valence-corrected chi connectivity index (χ1v) is 14.0. The van der Waals surface area contributed by atoms with E-state index < -0.39 is 17.7 Å². The molecule has 4 atom stereocenters. The first kappa shape index (κ1) is 26.1. The van der Waals surface area contributed by atoms with Crippen LogP contribution in [0.1, 0.15) is 72.4 Å². The Morgan fingerprint density at radius 1 is 1.12 bits per heavy atom. The number of aromatic carboxylic acids is 1. The molecule has 1 saturated carbocycles. The fraction of sp³-hybridized carbons (Fsp3) is 0.419. The number of nitrogens with zero attached hydrogens (tertiary/aromatic N) is 2. The fourth-order valence-corrected chi connectivity index (χ4v) is 6.78. The van der Waals surface area contributed by atoms with Crippen molar-refractivity contribution in [2.24, 2.45) is 5.92 Å². The SMILES string of the molecule is C[C@@H]1CC2C[C@H](OCc3c(-c4ccccc4C(F)(F)F)noc3C3CC3)CC1N2c1ccc2oc(C(=O)O)cc2c1. The van der Waals surface area contributed by atoms with Gasteiger partial charge in [-0.1, -0.05) is 30.3 Å². The number of aromatic nitrogens is 1. The van der Waals surface area contributed by atoms with Crippen LogP contribution < -0.4 is 4.90 Å². The summed E-state index contributed by atoms with van der Waals surface area (Å²) in [6.45, 7) is 2.38. The van der Waals surface area contributed by atoms with Crippen molar-refractivity contribution in [1.29, 1.82) is 0 Å². The zero-order valence-electron chi connectivity index (χ0n) is 22.4. The Morgan fingerprint density at radius 3 is 2.66 bits per heavy atom. The molecular weight excluding hydrogens is 537 g/mol. The lowest BCUT2D eigenvalue weighted by molar-refractivity contribution is -0.137. The number of rotatable bonds is 7. The van der Waals surface area contributed by atoms with Gasteiger partial charge < -0.3 is 23.7 Å². The van der Waals surface area contributed by atoms with E-state index in [1.807, 2.05) is 18.2 Å². The third-order valence-corrected chi connectivity index (χ3v) is 8.82. The van der Waals surface area contributed by atoms with Crippen LogP contribution in [-0.2, 0) is 17.5 Å². The zero-order chi connectivity index (χ0) is 28.5. The number of carboxylic acids is 1. The lowest BCUT2D eigenvalue weighted by Crippen LogP contribution is -2.46. The highest BCUT2D eigenvalue weighted by Crippen LogP contribution is 2.47. The summed E-state index contributed by atoms with van der Waals surface area (Å²) >= 11 is 0. The summed E-state index contributed by atoms with van der Waals surface area (Å²) in [4.78, 5) is 13.8. The van der Waals surface area contributed by atoms with Crippen molar-refractivity contribution in [3.05, 3.63) is 71.2 Å². The van der Waals surface area contributed by atoms with E-state index in [0.717, 1.165) is 49.2 Å². The minimum atomic E-state index is -4.51. The maximum absolute atomic E-state index is 13.8. The number of furan rings is 1. The summed E-state index contributed by atoms with van der Waals surface area (Å²) in [5, 5.41) is 14.2. The van der Waals surface area contributed by atoms with E-state index in [0.29, 0.717) is 22.8 Å². The van der Waals surface area contributed by atoms with Crippen LogP contribution in [0, 0.1) is 5.92 Å². The Morgan fingerprint density at radius 2 is 1.93 bits per heavy atom. The number of hydrogen-bond donors (Lipinski definition) is 1. The second kappa shape index (κ2) is 9.65. The van der Waals surface area contributed by atoms with E-state index in [1.165, 1.54) is 12.1 Å². The summed E-state index contributed by atoms with van der Waals surface area (Å²) in [7, 11) is 0. The van der Waals surface area contributed by atoms with Crippen LogP contribution in [0.25, 0.3) is 22.2 Å². The van der Waals surface area contributed by atoms with Gasteiger partial charge in [-0.25, -0.2) is 4.79 Å². The molecule has 0 radical (unpaired) electrons. The van der Waals surface area contributed by atoms with Crippen LogP contribution in [-0.4, -0.2) is 34.4 Å². The van der Waals surface area contributed by atoms with Crippen molar-refractivity contribution >= 4 is 22.6 Å². The zero-order valence-corrected chi connectivity index (χ0v) is 22.4. The predicted octanol–water partition coefficient (Wildman–Crippen LogP) is 7.64. The molecular formula is C31H29F3N2O5. The van der Waals surface area contributed by atoms with Crippen molar-refractivity contribution in [3.8, 4) is 11.3 Å². The monoisotopic (exact) mass is 566 g/mol. The second-order valence-electron chi connectivity index (χ2n) is 11.6. The van der Waals surface area contributed by atoms with Crippen molar-refractivity contribution in [3.63, 3.8) is 0 Å². The third-order valence-electron chi connectivity index (χ3n) is 8.82. The Hall–Kier alpha value is -3.79. The maximum Gasteiger partial charge on any atom is 0.417 e. The van der Waals surface area contributed by atoms with Gasteiger partial charge in [0.25, 0.3) is 0 Å². The lowest BCUT2D eigenvalue weighted by Gasteiger charge is -2.41. The minimum Gasteiger partial charge on any atom is -0.475 e. The molecule has 10 heteroatoms. The Bertz CT molecular complexity index is 1620. The Labute approximate surface area is 233 Å². The topological polar surface area (TPSA) is 88.9 Å². The van der Waals surface area contributed by atoms with Gasteiger partial charge in [0.2, 0.25) is 5.76 Å². The van der Waals surface area contributed by atoms with Gasteiger partial charge in [0.15, 0.2) is 0 Å². The van der Waals surface area contributed by atoms with Crippen molar-refractivity contribution < 1.29 is 36.7 Å². The minimum absolute atomic E-state index is 0.0125. The van der Waals surface area contributed by atoms with Crippen LogP contribution >= 0.6 is 0 Å². The molecule has 214 valence electrons. The molecule has 4 aromatic rings. The van der Waals surface area contributed by atoms with E-state index in [1.54, 1.807) is 12.1 Å². The van der Waals surface area contributed by atoms with Crippen LogP contribution in [0.4, 0.5) is 18.9 Å². The summed E-state index contributed by atoms with van der Waals surface area (Å²) in [6.07, 6.45) is -0.156. The summed E-state index contributed by atoms with van der Waals surface area (Å²) in [5.41, 5.74) is 1.66. The fourth-order valence-electron chi connectivity index (χ4n) is 6.78. The quantitative estimate of drug-likeness (QED) is 0.246. The number of ether oxygens (including phenoxy) is 1. The molecule has 2 unspecified atom stereocenters. The van der Waals surface area contributed by atoms with Crippen LogP contribution in [0.3, 0.4) is 0 Å². The number of halogens is 3. The first-order valence-electron chi connectivity index (χ1n) is 14.0. The molecule has 7 nitrogen and oxygen atoms in total. The number of fused-ring (bicyclic) bond motifs is 3. The van der Waals surface area contributed by atoms with E-state index in [9.17, 15) is 23.1 Å². The molecule has 2 aliphatic heterocycles. The molecule has 3 aliphatic rings. The van der Waals surface area contributed by atoms with Crippen molar-refractivity contribution in [1.82, 2.24) is 5.16 Å². The molecule has 2 aromatic carbocycles. The number of benzene rings is 2.